The van der Waals surface area contributed by atoms with E-state index in [1.807, 2.05) is 0 Å². The number of phenolic OH excluding ortho intramolecular Hbond substituents is 1. The Morgan fingerprint density at radius 1 is 1.14 bits per heavy atom. The van der Waals surface area contributed by atoms with Gasteiger partial charge in [0.2, 0.25) is 5.78 Å². The van der Waals surface area contributed by atoms with Gasteiger partial charge in [-0.1, -0.05) is 19.1 Å². The summed E-state index contributed by atoms with van der Waals surface area (Å²) in [7, 11) is 0. The lowest BCUT2D eigenvalue weighted by Crippen LogP contribution is -2.63. The highest BCUT2D eigenvalue weighted by Gasteiger charge is 2.64. The highest BCUT2D eigenvalue weighted by molar-refractivity contribution is 6.23. The van der Waals surface area contributed by atoms with Crippen molar-refractivity contribution in [2.24, 2.45) is 17.6 Å². The van der Waals surface area contributed by atoms with Gasteiger partial charge in [-0.3, -0.25) is 19.4 Å². The molecule has 1 heterocycles. The summed E-state index contributed by atoms with van der Waals surface area (Å²) in [6.45, 7) is 1.67. The van der Waals surface area contributed by atoms with Gasteiger partial charge in [0.1, 0.15) is 22.8 Å². The SMILES string of the molecule is C[C@H]1c2ccc(-c3ccccn3)c(O)c2C(O)=C2C(=O)[C@]3(O)C(O)=C(C(N)=O)C(=O)C[C@@H]3[C@@H](O)[C@@H]21. The zero-order chi connectivity index (χ0) is 25.4. The molecule has 10 heteroatoms. The predicted molar refractivity (Wildman–Crippen MR) is 121 cm³/mol. The second-order valence-corrected chi connectivity index (χ2v) is 9.13. The van der Waals surface area contributed by atoms with E-state index in [2.05, 4.69) is 4.98 Å². The highest BCUT2D eigenvalue weighted by Crippen LogP contribution is 2.56. The van der Waals surface area contributed by atoms with E-state index in [-0.39, 0.29) is 16.9 Å². The molecule has 180 valence electrons. The van der Waals surface area contributed by atoms with E-state index in [9.17, 15) is 39.9 Å². The van der Waals surface area contributed by atoms with Gasteiger partial charge in [0.05, 0.1) is 17.4 Å². The molecule has 0 aliphatic heterocycles. The summed E-state index contributed by atoms with van der Waals surface area (Å²) in [5.74, 6) is -8.88. The first-order valence-corrected chi connectivity index (χ1v) is 10.9. The summed E-state index contributed by atoms with van der Waals surface area (Å²) >= 11 is 0. The summed E-state index contributed by atoms with van der Waals surface area (Å²) in [5.41, 5.74) is 2.04. The maximum Gasteiger partial charge on any atom is 0.255 e. The van der Waals surface area contributed by atoms with Crippen molar-refractivity contribution in [3.8, 4) is 17.0 Å². The molecule has 0 unspecified atom stereocenters. The van der Waals surface area contributed by atoms with Gasteiger partial charge >= 0.3 is 0 Å². The number of pyridine rings is 1. The van der Waals surface area contributed by atoms with Crippen LogP contribution < -0.4 is 5.73 Å². The second kappa shape index (κ2) is 7.49. The van der Waals surface area contributed by atoms with E-state index in [1.54, 1.807) is 37.3 Å². The van der Waals surface area contributed by atoms with Crippen molar-refractivity contribution in [1.29, 1.82) is 0 Å². The molecule has 0 saturated heterocycles. The van der Waals surface area contributed by atoms with Crippen LogP contribution in [0.4, 0.5) is 0 Å². The van der Waals surface area contributed by atoms with E-state index in [1.165, 1.54) is 6.20 Å². The smallest absolute Gasteiger partial charge is 0.255 e. The Kier molecular flexibility index (Phi) is 4.87. The van der Waals surface area contributed by atoms with Crippen LogP contribution >= 0.6 is 0 Å². The third kappa shape index (κ3) is 2.84. The average molecular weight is 478 g/mol. The number of hydrogen-bond donors (Lipinski definition) is 6. The summed E-state index contributed by atoms with van der Waals surface area (Å²) in [6.07, 6.45) is -0.645. The molecular weight excluding hydrogens is 456 g/mol. The normalized spacial score (nSPS) is 30.0. The number of aliphatic hydroxyl groups is 4. The molecule has 35 heavy (non-hydrogen) atoms. The Bertz CT molecular complexity index is 1380. The largest absolute Gasteiger partial charge is 0.508 e. The molecule has 1 fully saturated rings. The van der Waals surface area contributed by atoms with Crippen LogP contribution in [-0.2, 0) is 14.4 Å². The average Bonchev–Trinajstić information content (AvgIpc) is 2.82. The quantitative estimate of drug-likeness (QED) is 0.342. The third-order valence-electron chi connectivity index (χ3n) is 7.44. The molecule has 0 radical (unpaired) electrons. The number of carbonyl (C=O) groups excluding carboxylic acids is 3. The van der Waals surface area contributed by atoms with Crippen molar-refractivity contribution >= 4 is 23.2 Å². The Morgan fingerprint density at radius 2 is 1.86 bits per heavy atom. The Morgan fingerprint density at radius 3 is 2.49 bits per heavy atom. The van der Waals surface area contributed by atoms with Crippen LogP contribution in [-0.4, -0.2) is 59.7 Å². The molecule has 10 nitrogen and oxygen atoms in total. The number of nitrogens with two attached hydrogens (primary N) is 1. The van der Waals surface area contributed by atoms with Gasteiger partial charge in [0, 0.05) is 35.6 Å². The number of primary amides is 1. The molecule has 5 rings (SSSR count). The number of benzene rings is 1. The minimum atomic E-state index is -2.86. The molecule has 1 saturated carbocycles. The molecule has 0 bridgehead atoms. The molecule has 3 aliphatic carbocycles. The van der Waals surface area contributed by atoms with Crippen LogP contribution in [0.5, 0.6) is 5.75 Å². The lowest BCUT2D eigenvalue weighted by molar-refractivity contribution is -0.160. The number of aliphatic hydroxyl groups excluding tert-OH is 3. The van der Waals surface area contributed by atoms with Gasteiger partial charge in [-0.25, -0.2) is 0 Å². The third-order valence-corrected chi connectivity index (χ3v) is 7.44. The lowest BCUT2D eigenvalue weighted by Gasteiger charge is -2.50. The van der Waals surface area contributed by atoms with Gasteiger partial charge in [0.25, 0.3) is 5.91 Å². The molecule has 3 aliphatic rings. The standard InChI is InChI=1S/C25H22N2O8/c1-9-10-5-6-11(13-4-2-3-7-27-13)19(29)16(10)21(31)18-15(9)20(30)12-8-14(28)17(24(26)34)22(32)25(12,35)23(18)33/h2-7,9,12,15,20,29-32,35H,8H2,1H3,(H2,26,34)/t9-,12+,15+,20+,25+/m0/s1. The van der Waals surface area contributed by atoms with Crippen LogP contribution in [0.1, 0.15) is 30.4 Å². The minimum absolute atomic E-state index is 0.0695. The Balaban J connectivity index is 1.76. The first-order chi connectivity index (χ1) is 16.5. The van der Waals surface area contributed by atoms with Crippen LogP contribution in [0, 0.1) is 11.8 Å². The number of amides is 1. The summed E-state index contributed by atoms with van der Waals surface area (Å²) < 4.78 is 0. The van der Waals surface area contributed by atoms with Gasteiger partial charge in [-0.05, 0) is 29.7 Å². The number of Topliss-reactive ketones (excluding diaryl/α,β-unsaturated/α-hetero) is 2. The van der Waals surface area contributed by atoms with E-state index in [4.69, 9.17) is 5.73 Å². The zero-order valence-electron chi connectivity index (χ0n) is 18.5. The molecule has 5 atom stereocenters. The van der Waals surface area contributed by atoms with Crippen molar-refractivity contribution in [3.05, 3.63) is 64.6 Å². The fourth-order valence-corrected chi connectivity index (χ4v) is 5.73. The van der Waals surface area contributed by atoms with E-state index < -0.39 is 76.0 Å². The molecule has 0 spiro atoms. The number of hydrogen-bond acceptors (Lipinski definition) is 9. The monoisotopic (exact) mass is 478 g/mol. The maximum absolute atomic E-state index is 13.6. The van der Waals surface area contributed by atoms with E-state index >= 15 is 0 Å². The fraction of sp³-hybridized carbons (Fsp3) is 0.280. The summed E-state index contributed by atoms with van der Waals surface area (Å²) in [4.78, 5) is 42.1. The number of rotatable bonds is 2. The lowest BCUT2D eigenvalue weighted by atomic mass is 9.55. The van der Waals surface area contributed by atoms with Crippen molar-refractivity contribution in [2.45, 2.75) is 31.0 Å². The van der Waals surface area contributed by atoms with Gasteiger partial charge < -0.3 is 31.3 Å². The van der Waals surface area contributed by atoms with Crippen molar-refractivity contribution in [1.82, 2.24) is 4.98 Å². The van der Waals surface area contributed by atoms with Gasteiger partial charge in [-0.2, -0.15) is 0 Å². The Labute approximate surface area is 198 Å². The summed E-state index contributed by atoms with van der Waals surface area (Å²) in [5, 5.41) is 55.5. The maximum atomic E-state index is 13.6. The number of ketones is 2. The predicted octanol–water partition coefficient (Wildman–Crippen LogP) is 1.02. The van der Waals surface area contributed by atoms with Crippen LogP contribution in [0.15, 0.2) is 53.4 Å². The number of aromatic nitrogens is 1. The minimum Gasteiger partial charge on any atom is -0.508 e. The van der Waals surface area contributed by atoms with E-state index in [0.717, 1.165) is 0 Å². The molecule has 1 aromatic carbocycles. The highest BCUT2D eigenvalue weighted by atomic mass is 16.4. The van der Waals surface area contributed by atoms with Crippen molar-refractivity contribution in [2.75, 3.05) is 0 Å². The molecule has 7 N–H and O–H groups in total. The zero-order valence-corrected chi connectivity index (χ0v) is 18.5. The van der Waals surface area contributed by atoms with Crippen LogP contribution in [0.3, 0.4) is 0 Å². The van der Waals surface area contributed by atoms with Gasteiger partial charge in [0.15, 0.2) is 11.4 Å². The topological polar surface area (TPSA) is 191 Å². The fourth-order valence-electron chi connectivity index (χ4n) is 5.73. The number of nitrogens with zero attached hydrogens (tertiary/aromatic N) is 1. The first-order valence-electron chi connectivity index (χ1n) is 10.9. The second-order valence-electron chi connectivity index (χ2n) is 9.13. The number of phenols is 1. The van der Waals surface area contributed by atoms with Crippen LogP contribution in [0.2, 0.25) is 0 Å². The molecule has 1 amide bonds. The first kappa shape index (κ1) is 22.8. The van der Waals surface area contributed by atoms with Crippen molar-refractivity contribution in [3.63, 3.8) is 0 Å². The Hall–Kier alpha value is -4.02. The number of fused-ring (bicyclic) bond motifs is 3. The molecule has 1 aromatic heterocycles. The number of carbonyl (C=O) groups is 3. The molecular formula is C25H22N2O8. The van der Waals surface area contributed by atoms with Gasteiger partial charge in [-0.15, -0.1) is 0 Å². The summed E-state index contributed by atoms with van der Waals surface area (Å²) in [6, 6.07) is 8.31. The van der Waals surface area contributed by atoms with Crippen LogP contribution in [0.25, 0.3) is 17.0 Å². The van der Waals surface area contributed by atoms with Crippen molar-refractivity contribution < 1.29 is 39.9 Å². The number of aromatic hydroxyl groups is 1. The molecule has 2 aromatic rings. The van der Waals surface area contributed by atoms with E-state index in [0.29, 0.717) is 11.3 Å².